The third kappa shape index (κ3) is 2.11. The topological polar surface area (TPSA) is 85.1 Å². The minimum absolute atomic E-state index is 0.0544. The van der Waals surface area contributed by atoms with E-state index >= 15 is 0 Å². The van der Waals surface area contributed by atoms with Gasteiger partial charge in [-0.2, -0.15) is 0 Å². The smallest absolute Gasteiger partial charge is 0.311 e. The first-order valence-corrected chi connectivity index (χ1v) is 3.63. The van der Waals surface area contributed by atoms with Gasteiger partial charge in [0.05, 0.1) is 0 Å². The van der Waals surface area contributed by atoms with E-state index in [1.165, 1.54) is 11.6 Å². The van der Waals surface area contributed by atoms with Gasteiger partial charge in [0.25, 0.3) is 0 Å². The van der Waals surface area contributed by atoms with Gasteiger partial charge in [0.2, 0.25) is 5.82 Å². The molecular weight excluding hydrogens is 174 g/mol. The van der Waals surface area contributed by atoms with Crippen molar-refractivity contribution >= 4 is 11.8 Å². The van der Waals surface area contributed by atoms with Crippen molar-refractivity contribution in [2.75, 3.05) is 0 Å². The highest BCUT2D eigenvalue weighted by Gasteiger charge is 2.12. The van der Waals surface area contributed by atoms with Gasteiger partial charge in [0.15, 0.2) is 5.78 Å². The number of rotatable bonds is 3. The summed E-state index contributed by atoms with van der Waals surface area (Å²) in [5.41, 5.74) is 0. The zero-order valence-electron chi connectivity index (χ0n) is 7.31. The Kier molecular flexibility index (Phi) is 2.41. The minimum atomic E-state index is -0.995. The quantitative estimate of drug-likeness (QED) is 0.647. The molecule has 1 heterocycles. The summed E-state index contributed by atoms with van der Waals surface area (Å²) in [5, 5.41) is 12.2. The summed E-state index contributed by atoms with van der Waals surface area (Å²) in [6, 6.07) is 0. The second-order valence-electron chi connectivity index (χ2n) is 2.60. The zero-order valence-corrected chi connectivity index (χ0v) is 7.31. The Hall–Kier alpha value is -1.72. The molecule has 0 saturated carbocycles. The van der Waals surface area contributed by atoms with Crippen LogP contribution in [-0.2, 0) is 18.3 Å². The number of carbonyl (C=O) groups excluding carboxylic acids is 1. The number of hydrogen-bond donors (Lipinski definition) is 1. The van der Waals surface area contributed by atoms with Crippen LogP contribution in [0, 0.1) is 0 Å². The van der Waals surface area contributed by atoms with Crippen LogP contribution in [0.5, 0.6) is 0 Å². The van der Waals surface area contributed by atoms with Gasteiger partial charge >= 0.3 is 5.97 Å². The van der Waals surface area contributed by atoms with Crippen LogP contribution >= 0.6 is 0 Å². The number of carbonyl (C=O) groups is 2. The van der Waals surface area contributed by atoms with Crippen molar-refractivity contribution < 1.29 is 14.7 Å². The molecule has 1 rings (SSSR count). The van der Waals surface area contributed by atoms with Crippen LogP contribution < -0.4 is 0 Å². The van der Waals surface area contributed by atoms with Gasteiger partial charge in [-0.05, 0) is 0 Å². The number of carboxylic acids is 1. The number of aromatic nitrogens is 3. The first-order chi connectivity index (χ1) is 6.00. The van der Waals surface area contributed by atoms with Gasteiger partial charge in [-0.3, -0.25) is 14.3 Å². The van der Waals surface area contributed by atoms with Crippen molar-refractivity contribution in [1.82, 2.24) is 14.8 Å². The molecule has 0 aromatic carbocycles. The maximum absolute atomic E-state index is 10.8. The van der Waals surface area contributed by atoms with Gasteiger partial charge in [0, 0.05) is 14.0 Å². The second-order valence-corrected chi connectivity index (χ2v) is 2.60. The highest BCUT2D eigenvalue weighted by atomic mass is 16.4. The van der Waals surface area contributed by atoms with Gasteiger partial charge in [-0.1, -0.05) is 0 Å². The van der Waals surface area contributed by atoms with Crippen molar-refractivity contribution in [3.63, 3.8) is 0 Å². The highest BCUT2D eigenvalue weighted by Crippen LogP contribution is 1.98. The number of aryl methyl sites for hydroxylation is 1. The Morgan fingerprint density at radius 3 is 2.54 bits per heavy atom. The summed E-state index contributed by atoms with van der Waals surface area (Å²) in [7, 11) is 1.55. The molecule has 0 fully saturated rings. The molecule has 70 valence electrons. The zero-order chi connectivity index (χ0) is 10.0. The van der Waals surface area contributed by atoms with Crippen LogP contribution in [-0.4, -0.2) is 31.6 Å². The second kappa shape index (κ2) is 3.34. The highest BCUT2D eigenvalue weighted by molar-refractivity contribution is 5.90. The average Bonchev–Trinajstić information content (AvgIpc) is 2.31. The Balaban J connectivity index is 2.96. The van der Waals surface area contributed by atoms with E-state index in [1.807, 2.05) is 0 Å². The Bertz CT molecular complexity index is 356. The molecule has 0 aliphatic carbocycles. The van der Waals surface area contributed by atoms with Crippen LogP contribution in [0.25, 0.3) is 0 Å². The van der Waals surface area contributed by atoms with Crippen molar-refractivity contribution in [2.45, 2.75) is 13.3 Å². The monoisotopic (exact) mass is 183 g/mol. The van der Waals surface area contributed by atoms with E-state index in [2.05, 4.69) is 10.1 Å². The van der Waals surface area contributed by atoms with E-state index in [9.17, 15) is 9.59 Å². The molecule has 1 aromatic heterocycles. The summed E-state index contributed by atoms with van der Waals surface area (Å²) in [6.45, 7) is 1.33. The average molecular weight is 183 g/mol. The molecule has 0 aliphatic heterocycles. The van der Waals surface area contributed by atoms with Crippen LogP contribution in [0.15, 0.2) is 0 Å². The first kappa shape index (κ1) is 9.37. The first-order valence-electron chi connectivity index (χ1n) is 3.63. The van der Waals surface area contributed by atoms with E-state index in [4.69, 9.17) is 5.11 Å². The van der Waals surface area contributed by atoms with E-state index in [1.54, 1.807) is 7.05 Å². The van der Waals surface area contributed by atoms with Crippen LogP contribution in [0.2, 0.25) is 0 Å². The number of carboxylic acid groups (broad SMARTS) is 1. The molecule has 0 spiro atoms. The Morgan fingerprint density at radius 1 is 1.54 bits per heavy atom. The maximum atomic E-state index is 10.8. The van der Waals surface area contributed by atoms with Gasteiger partial charge < -0.3 is 5.11 Å². The molecule has 0 radical (unpaired) electrons. The summed E-state index contributed by atoms with van der Waals surface area (Å²) < 4.78 is 1.30. The number of Topliss-reactive ketones (excluding diaryl/α,β-unsaturated/α-hetero) is 1. The van der Waals surface area contributed by atoms with Crippen molar-refractivity contribution in [2.24, 2.45) is 7.05 Å². The van der Waals surface area contributed by atoms with Crippen molar-refractivity contribution in [1.29, 1.82) is 0 Å². The molecule has 6 heteroatoms. The van der Waals surface area contributed by atoms with Crippen LogP contribution in [0.1, 0.15) is 23.4 Å². The fraction of sp³-hybridized carbons (Fsp3) is 0.429. The molecule has 0 saturated heterocycles. The van der Waals surface area contributed by atoms with Crippen molar-refractivity contribution in [3.8, 4) is 0 Å². The summed E-state index contributed by atoms with van der Waals surface area (Å²) in [6.07, 6.45) is -0.225. The number of hydrogen-bond acceptors (Lipinski definition) is 4. The molecule has 0 aliphatic rings. The normalized spacial score (nSPS) is 10.0. The molecule has 0 atom stereocenters. The minimum Gasteiger partial charge on any atom is -0.481 e. The predicted octanol–water partition coefficient (Wildman–Crippen LogP) is -0.355. The largest absolute Gasteiger partial charge is 0.481 e. The molecule has 0 amide bonds. The third-order valence-electron chi connectivity index (χ3n) is 1.48. The number of nitrogens with zero attached hydrogens (tertiary/aromatic N) is 3. The molecular formula is C7H9N3O3. The maximum Gasteiger partial charge on any atom is 0.311 e. The Labute approximate surface area is 74.2 Å². The van der Waals surface area contributed by atoms with Crippen LogP contribution in [0.4, 0.5) is 0 Å². The number of aliphatic carboxylic acids is 1. The lowest BCUT2D eigenvalue weighted by Crippen LogP contribution is -2.06. The predicted molar refractivity (Wildman–Crippen MR) is 42.3 cm³/mol. The van der Waals surface area contributed by atoms with Crippen LogP contribution in [0.3, 0.4) is 0 Å². The van der Waals surface area contributed by atoms with Gasteiger partial charge in [0.1, 0.15) is 12.2 Å². The van der Waals surface area contributed by atoms with E-state index in [0.29, 0.717) is 0 Å². The number of ketones is 1. The van der Waals surface area contributed by atoms with Gasteiger partial charge in [-0.25, -0.2) is 4.98 Å². The molecule has 1 aromatic rings. The van der Waals surface area contributed by atoms with E-state index in [0.717, 1.165) is 0 Å². The molecule has 0 unspecified atom stereocenters. The third-order valence-corrected chi connectivity index (χ3v) is 1.48. The molecule has 6 nitrogen and oxygen atoms in total. The lowest BCUT2D eigenvalue weighted by molar-refractivity contribution is -0.136. The standard InChI is InChI=1S/C7H9N3O3/c1-4(11)7-8-5(3-6(12)13)10(2)9-7/h3H2,1-2H3,(H,12,13). The van der Waals surface area contributed by atoms with E-state index < -0.39 is 5.97 Å². The summed E-state index contributed by atoms with van der Waals surface area (Å²) >= 11 is 0. The molecule has 0 bridgehead atoms. The Morgan fingerprint density at radius 2 is 2.15 bits per heavy atom. The van der Waals surface area contributed by atoms with E-state index in [-0.39, 0.29) is 23.9 Å². The molecule has 1 N–H and O–H groups in total. The summed E-state index contributed by atoms with van der Waals surface area (Å²) in [5.74, 6) is -0.936. The lowest BCUT2D eigenvalue weighted by atomic mass is 10.4. The van der Waals surface area contributed by atoms with Crippen molar-refractivity contribution in [3.05, 3.63) is 11.6 Å². The van der Waals surface area contributed by atoms with Gasteiger partial charge in [-0.15, -0.1) is 5.10 Å². The summed E-state index contributed by atoms with van der Waals surface area (Å²) in [4.78, 5) is 24.9. The molecule has 13 heavy (non-hydrogen) atoms. The SMILES string of the molecule is CC(=O)c1nc(CC(=O)O)n(C)n1. The lowest BCUT2D eigenvalue weighted by Gasteiger charge is -1.92. The fourth-order valence-corrected chi connectivity index (χ4v) is 0.855. The fourth-order valence-electron chi connectivity index (χ4n) is 0.855.